The van der Waals surface area contributed by atoms with E-state index in [9.17, 15) is 18.4 Å². The van der Waals surface area contributed by atoms with Crippen molar-refractivity contribution in [1.29, 1.82) is 0 Å². The van der Waals surface area contributed by atoms with Crippen LogP contribution in [0.4, 0.5) is 13.6 Å². The number of halogens is 2. The lowest BCUT2D eigenvalue weighted by molar-refractivity contribution is -0.139. The lowest BCUT2D eigenvalue weighted by Gasteiger charge is -2.14. The summed E-state index contributed by atoms with van der Waals surface area (Å²) in [6.45, 7) is 1.10. The van der Waals surface area contributed by atoms with Crippen LogP contribution < -0.4 is 10.6 Å². The molecule has 0 aliphatic carbocycles. The average Bonchev–Trinajstić information content (AvgIpc) is 2.27. The molecule has 0 aromatic carbocycles. The third-order valence-electron chi connectivity index (χ3n) is 1.96. The number of amides is 2. The van der Waals surface area contributed by atoms with E-state index in [1.807, 2.05) is 0 Å². The van der Waals surface area contributed by atoms with Crippen molar-refractivity contribution in [2.75, 3.05) is 19.8 Å². The molecule has 1 atom stereocenters. The van der Waals surface area contributed by atoms with Crippen molar-refractivity contribution >= 4 is 12.0 Å². The van der Waals surface area contributed by atoms with Gasteiger partial charge in [-0.25, -0.2) is 18.4 Å². The van der Waals surface area contributed by atoms with E-state index in [4.69, 9.17) is 5.11 Å². The lowest BCUT2D eigenvalue weighted by Crippen LogP contribution is -2.46. The molecule has 2 amide bonds. The van der Waals surface area contributed by atoms with Gasteiger partial charge in [0.15, 0.2) is 0 Å². The minimum atomic E-state index is -2.54. The molecule has 0 saturated carbocycles. The van der Waals surface area contributed by atoms with Crippen molar-refractivity contribution in [3.05, 3.63) is 0 Å². The van der Waals surface area contributed by atoms with Gasteiger partial charge in [-0.2, -0.15) is 0 Å². The fourth-order valence-electron chi connectivity index (χ4n) is 1.16. The van der Waals surface area contributed by atoms with Gasteiger partial charge in [-0.05, 0) is 6.42 Å². The molecule has 0 aliphatic heterocycles. The summed E-state index contributed by atoms with van der Waals surface area (Å²) in [5.74, 6) is -1.11. The molecule has 18 heavy (non-hydrogen) atoms. The molecular weight excluding hydrogens is 250 g/mol. The largest absolute Gasteiger partial charge is 0.480 e. The van der Waals surface area contributed by atoms with Crippen LogP contribution in [0.5, 0.6) is 0 Å². The first-order chi connectivity index (χ1) is 8.47. The highest BCUT2D eigenvalue weighted by atomic mass is 19.3. The number of hydrogen-bond acceptors (Lipinski definition) is 3. The van der Waals surface area contributed by atoms with Gasteiger partial charge in [-0.3, -0.25) is 0 Å². The van der Waals surface area contributed by atoms with Gasteiger partial charge >= 0.3 is 12.0 Å². The second-order valence-corrected chi connectivity index (χ2v) is 3.55. The molecule has 0 aromatic rings. The maximum atomic E-state index is 11.7. The number of nitrogens with one attached hydrogen (secondary N) is 2. The molecule has 0 spiro atoms. The number of hydrogen-bond donors (Lipinski definition) is 3. The zero-order chi connectivity index (χ0) is 14.0. The predicted octanol–water partition coefficient (Wildman–Crippen LogP) is 0.821. The van der Waals surface area contributed by atoms with Crippen LogP contribution >= 0.6 is 0 Å². The third kappa shape index (κ3) is 8.68. The summed E-state index contributed by atoms with van der Waals surface area (Å²) in [5.41, 5.74) is 0. The van der Waals surface area contributed by atoms with Crippen LogP contribution in [-0.4, -0.2) is 49.3 Å². The van der Waals surface area contributed by atoms with Gasteiger partial charge in [0.2, 0.25) is 0 Å². The van der Waals surface area contributed by atoms with E-state index in [1.165, 1.54) is 0 Å². The van der Waals surface area contributed by atoms with Crippen LogP contribution in [0.1, 0.15) is 19.8 Å². The zero-order valence-electron chi connectivity index (χ0n) is 10.1. The van der Waals surface area contributed by atoms with Crippen LogP contribution in [0.25, 0.3) is 0 Å². The van der Waals surface area contributed by atoms with E-state index in [2.05, 4.69) is 15.4 Å². The Morgan fingerprint density at radius 2 is 2.06 bits per heavy atom. The molecule has 0 aliphatic rings. The highest BCUT2D eigenvalue weighted by Crippen LogP contribution is 1.96. The third-order valence-corrected chi connectivity index (χ3v) is 1.96. The highest BCUT2D eigenvalue weighted by molar-refractivity contribution is 5.82. The molecule has 106 valence electrons. The second-order valence-electron chi connectivity index (χ2n) is 3.55. The summed E-state index contributed by atoms with van der Waals surface area (Å²) < 4.78 is 27.9. The van der Waals surface area contributed by atoms with Gasteiger partial charge in [0.05, 0.1) is 6.61 Å². The van der Waals surface area contributed by atoms with Crippen molar-refractivity contribution in [2.45, 2.75) is 32.2 Å². The number of carboxylic acids is 1. The Hall–Kier alpha value is -1.44. The topological polar surface area (TPSA) is 87.7 Å². The molecule has 0 aromatic heterocycles. The molecule has 6 nitrogen and oxygen atoms in total. The normalized spacial score (nSPS) is 12.2. The highest BCUT2D eigenvalue weighted by Gasteiger charge is 2.18. The molecule has 0 saturated heterocycles. The summed E-state index contributed by atoms with van der Waals surface area (Å²) in [7, 11) is 0. The standard InChI is InChI=1S/C10H18F2N2O4/c1-2-3-7(9(15)16)14-10(17)13-4-5-18-6-8(11)12/h7-8H,2-6H2,1H3,(H,15,16)(H2,13,14,17). The van der Waals surface area contributed by atoms with Crippen LogP contribution in [0, 0.1) is 0 Å². The first-order valence-electron chi connectivity index (χ1n) is 5.60. The number of aliphatic carboxylic acids is 1. The predicted molar refractivity (Wildman–Crippen MR) is 59.7 cm³/mol. The smallest absolute Gasteiger partial charge is 0.326 e. The van der Waals surface area contributed by atoms with E-state index in [1.54, 1.807) is 6.92 Å². The fourth-order valence-corrected chi connectivity index (χ4v) is 1.16. The Morgan fingerprint density at radius 1 is 1.39 bits per heavy atom. The van der Waals surface area contributed by atoms with Crippen LogP contribution in [0.3, 0.4) is 0 Å². The summed E-state index contributed by atoms with van der Waals surface area (Å²) in [6.07, 6.45) is -1.60. The molecule has 0 radical (unpaired) electrons. The van der Waals surface area contributed by atoms with Crippen molar-refractivity contribution in [1.82, 2.24) is 10.6 Å². The van der Waals surface area contributed by atoms with Crippen LogP contribution in [0.2, 0.25) is 0 Å². The first-order valence-corrected chi connectivity index (χ1v) is 5.60. The van der Waals surface area contributed by atoms with Crippen molar-refractivity contribution in [3.8, 4) is 0 Å². The Labute approximate surface area is 104 Å². The van der Waals surface area contributed by atoms with Gasteiger partial charge in [0, 0.05) is 6.54 Å². The Bertz CT molecular complexity index is 264. The van der Waals surface area contributed by atoms with Crippen molar-refractivity contribution in [2.24, 2.45) is 0 Å². The average molecular weight is 268 g/mol. The first kappa shape index (κ1) is 16.6. The minimum Gasteiger partial charge on any atom is -0.480 e. The van der Waals surface area contributed by atoms with E-state index < -0.39 is 31.1 Å². The van der Waals surface area contributed by atoms with Crippen molar-refractivity contribution < 1.29 is 28.2 Å². The Kier molecular flexibility index (Phi) is 8.81. The zero-order valence-corrected chi connectivity index (χ0v) is 10.1. The molecule has 0 heterocycles. The summed E-state index contributed by atoms with van der Waals surface area (Å²) in [6, 6.07) is -1.60. The minimum absolute atomic E-state index is 0.0387. The number of rotatable bonds is 9. The molecule has 0 fully saturated rings. The maximum Gasteiger partial charge on any atom is 0.326 e. The monoisotopic (exact) mass is 268 g/mol. The fraction of sp³-hybridized carbons (Fsp3) is 0.800. The molecule has 1 unspecified atom stereocenters. The summed E-state index contributed by atoms with van der Waals surface area (Å²) in [4.78, 5) is 22.0. The Balaban J connectivity index is 3.71. The van der Waals surface area contributed by atoms with E-state index >= 15 is 0 Å². The van der Waals surface area contributed by atoms with Gasteiger partial charge in [0.25, 0.3) is 6.43 Å². The van der Waals surface area contributed by atoms with Crippen LogP contribution in [0.15, 0.2) is 0 Å². The van der Waals surface area contributed by atoms with Gasteiger partial charge in [-0.15, -0.1) is 0 Å². The van der Waals surface area contributed by atoms with Crippen molar-refractivity contribution in [3.63, 3.8) is 0 Å². The molecule has 8 heteroatoms. The van der Waals surface area contributed by atoms with Gasteiger partial charge < -0.3 is 20.5 Å². The molecule has 0 rings (SSSR count). The summed E-state index contributed by atoms with van der Waals surface area (Å²) >= 11 is 0. The van der Waals surface area contributed by atoms with Crippen LogP contribution in [-0.2, 0) is 9.53 Å². The number of carboxylic acid groups (broad SMARTS) is 1. The number of carbonyl (C=O) groups is 2. The van der Waals surface area contributed by atoms with E-state index in [0.29, 0.717) is 12.8 Å². The van der Waals surface area contributed by atoms with Gasteiger partial charge in [0.1, 0.15) is 12.6 Å². The number of ether oxygens (including phenoxy) is 1. The number of carbonyl (C=O) groups excluding carboxylic acids is 1. The number of alkyl halides is 2. The quantitative estimate of drug-likeness (QED) is 0.540. The van der Waals surface area contributed by atoms with Gasteiger partial charge in [-0.1, -0.05) is 13.3 Å². The molecule has 3 N–H and O–H groups in total. The molecular formula is C10H18F2N2O4. The van der Waals surface area contributed by atoms with E-state index in [-0.39, 0.29) is 13.2 Å². The Morgan fingerprint density at radius 3 is 2.56 bits per heavy atom. The number of urea groups is 1. The van der Waals surface area contributed by atoms with E-state index in [0.717, 1.165) is 0 Å². The summed E-state index contributed by atoms with van der Waals surface area (Å²) in [5, 5.41) is 13.4. The molecule has 0 bridgehead atoms. The SMILES string of the molecule is CCCC(NC(=O)NCCOCC(F)F)C(=O)O. The lowest BCUT2D eigenvalue weighted by atomic mass is 10.2. The maximum absolute atomic E-state index is 11.7. The second kappa shape index (κ2) is 9.58.